The van der Waals surface area contributed by atoms with Crippen molar-refractivity contribution in [2.24, 2.45) is 0 Å². The summed E-state index contributed by atoms with van der Waals surface area (Å²) in [7, 11) is 1.48. The van der Waals surface area contributed by atoms with Gasteiger partial charge in [0.15, 0.2) is 5.78 Å². The van der Waals surface area contributed by atoms with E-state index in [1.807, 2.05) is 24.3 Å². The second-order valence-electron chi connectivity index (χ2n) is 8.62. The molecule has 1 fully saturated rings. The molecule has 0 bridgehead atoms. The van der Waals surface area contributed by atoms with Crippen molar-refractivity contribution < 1.29 is 24.2 Å². The van der Waals surface area contributed by atoms with Crippen molar-refractivity contribution in [1.29, 1.82) is 0 Å². The van der Waals surface area contributed by atoms with E-state index in [4.69, 9.17) is 16.3 Å². The Balaban J connectivity index is 1.48. The molecule has 0 unspecified atom stereocenters. The van der Waals surface area contributed by atoms with Gasteiger partial charge in [-0.3, -0.25) is 14.4 Å². The van der Waals surface area contributed by atoms with Crippen LogP contribution in [0.2, 0.25) is 5.02 Å². The van der Waals surface area contributed by atoms with Crippen molar-refractivity contribution in [2.75, 3.05) is 12.4 Å². The number of carbonyl (C=O) groups is 3. The number of methoxy groups -OCH3 is 1. The average molecular weight is 572 g/mol. The molecule has 3 aromatic carbocycles. The number of anilines is 1. The molecular weight excluding hydrogens is 548 g/mol. The SMILES string of the molecule is COc1ccc(NC(=O)c2cc(CNC(=O)C3(O)CC3)ccc2Cl)cc1C(=O)Cc1ccc(Br)cc1. The van der Waals surface area contributed by atoms with Gasteiger partial charge >= 0.3 is 0 Å². The predicted molar refractivity (Wildman–Crippen MR) is 141 cm³/mol. The molecule has 186 valence electrons. The minimum absolute atomic E-state index is 0.149. The Kier molecular flexibility index (Phi) is 7.78. The average Bonchev–Trinajstić information content (AvgIpc) is 3.63. The largest absolute Gasteiger partial charge is 0.496 e. The van der Waals surface area contributed by atoms with Crippen LogP contribution in [0.4, 0.5) is 5.69 Å². The van der Waals surface area contributed by atoms with Crippen molar-refractivity contribution in [2.45, 2.75) is 31.4 Å². The Bertz CT molecular complexity index is 1320. The van der Waals surface area contributed by atoms with Crippen LogP contribution in [-0.4, -0.2) is 35.4 Å². The first-order valence-electron chi connectivity index (χ1n) is 11.2. The van der Waals surface area contributed by atoms with Crippen molar-refractivity contribution in [3.63, 3.8) is 0 Å². The first-order valence-corrected chi connectivity index (χ1v) is 12.4. The van der Waals surface area contributed by atoms with Crippen molar-refractivity contribution in [3.05, 3.63) is 92.4 Å². The smallest absolute Gasteiger partial charge is 0.257 e. The van der Waals surface area contributed by atoms with Crippen LogP contribution in [0.1, 0.15) is 44.7 Å². The molecule has 0 spiro atoms. The summed E-state index contributed by atoms with van der Waals surface area (Å²) in [6.45, 7) is 0.149. The molecule has 3 N–H and O–H groups in total. The number of Topliss-reactive ketones (excluding diaryl/α,β-unsaturated/α-hetero) is 1. The summed E-state index contributed by atoms with van der Waals surface area (Å²) < 4.78 is 6.29. The second-order valence-corrected chi connectivity index (χ2v) is 9.95. The highest BCUT2D eigenvalue weighted by atomic mass is 79.9. The Morgan fingerprint density at radius 2 is 1.69 bits per heavy atom. The summed E-state index contributed by atoms with van der Waals surface area (Å²) in [5.74, 6) is -0.644. The summed E-state index contributed by atoms with van der Waals surface area (Å²) in [4.78, 5) is 38.0. The zero-order chi connectivity index (χ0) is 25.9. The van der Waals surface area contributed by atoms with E-state index in [0.29, 0.717) is 35.4 Å². The molecule has 0 saturated heterocycles. The van der Waals surface area contributed by atoms with E-state index >= 15 is 0 Å². The van der Waals surface area contributed by atoms with Gasteiger partial charge in [-0.25, -0.2) is 0 Å². The van der Waals surface area contributed by atoms with Gasteiger partial charge < -0.3 is 20.5 Å². The third-order valence-electron chi connectivity index (χ3n) is 5.91. The number of aliphatic hydroxyl groups is 1. The van der Waals surface area contributed by atoms with Gasteiger partial charge in [-0.2, -0.15) is 0 Å². The summed E-state index contributed by atoms with van der Waals surface area (Å²) >= 11 is 9.65. The summed E-state index contributed by atoms with van der Waals surface area (Å²) in [5, 5.41) is 15.6. The normalized spacial score (nSPS) is 13.6. The van der Waals surface area contributed by atoms with E-state index in [2.05, 4.69) is 26.6 Å². The second kappa shape index (κ2) is 10.8. The lowest BCUT2D eigenvalue weighted by molar-refractivity contribution is -0.131. The number of ketones is 1. The van der Waals surface area contributed by atoms with Gasteiger partial charge in [-0.1, -0.05) is 45.7 Å². The summed E-state index contributed by atoms with van der Waals surface area (Å²) in [6, 6.07) is 17.2. The highest BCUT2D eigenvalue weighted by Crippen LogP contribution is 2.35. The molecule has 36 heavy (non-hydrogen) atoms. The van der Waals surface area contributed by atoms with Gasteiger partial charge in [-0.15, -0.1) is 0 Å². The number of rotatable bonds is 9. The molecular formula is C27H24BrClN2O5. The van der Waals surface area contributed by atoms with Crippen LogP contribution >= 0.6 is 27.5 Å². The molecule has 1 saturated carbocycles. The van der Waals surface area contributed by atoms with E-state index in [1.54, 1.807) is 36.4 Å². The standard InChI is InChI=1S/C27H24BrClN2O5/c1-36-24-9-7-19(14-21(24)23(32)13-16-2-5-18(28)6-3-16)31-25(33)20-12-17(4-8-22(20)29)15-30-26(34)27(35)10-11-27/h2-9,12,14,35H,10-11,13,15H2,1H3,(H,30,34)(H,31,33). The molecule has 1 aliphatic carbocycles. The van der Waals surface area contributed by atoms with Crippen LogP contribution in [0.15, 0.2) is 65.1 Å². The molecule has 0 radical (unpaired) electrons. The quantitative estimate of drug-likeness (QED) is 0.316. The van der Waals surface area contributed by atoms with E-state index in [0.717, 1.165) is 10.0 Å². The molecule has 0 aromatic heterocycles. The maximum Gasteiger partial charge on any atom is 0.257 e. The summed E-state index contributed by atoms with van der Waals surface area (Å²) in [5.41, 5.74) is 1.20. The number of halogens is 2. The summed E-state index contributed by atoms with van der Waals surface area (Å²) in [6.07, 6.45) is 1.07. The molecule has 9 heteroatoms. The van der Waals surface area contributed by atoms with Gasteiger partial charge in [0.1, 0.15) is 11.4 Å². The number of nitrogens with one attached hydrogen (secondary N) is 2. The minimum atomic E-state index is -1.27. The van der Waals surface area contributed by atoms with Crippen molar-refractivity contribution in [3.8, 4) is 5.75 Å². The lowest BCUT2D eigenvalue weighted by atomic mass is 10.0. The van der Waals surface area contributed by atoms with Gasteiger partial charge in [0.05, 0.1) is 23.3 Å². The van der Waals surface area contributed by atoms with Crippen LogP contribution in [0.25, 0.3) is 0 Å². The lowest BCUT2D eigenvalue weighted by Gasteiger charge is -2.13. The van der Waals surface area contributed by atoms with Gasteiger partial charge in [-0.05, 0) is 66.4 Å². The maximum atomic E-state index is 13.0. The topological polar surface area (TPSA) is 105 Å². The van der Waals surface area contributed by atoms with Gasteiger partial charge in [0.2, 0.25) is 0 Å². The van der Waals surface area contributed by atoms with Crippen LogP contribution in [-0.2, 0) is 17.8 Å². The van der Waals surface area contributed by atoms with Crippen LogP contribution < -0.4 is 15.4 Å². The number of hydrogen-bond donors (Lipinski definition) is 3. The Labute approximate surface area is 221 Å². The van der Waals surface area contributed by atoms with Crippen LogP contribution in [0.5, 0.6) is 5.75 Å². The predicted octanol–water partition coefficient (Wildman–Crippen LogP) is 4.93. The molecule has 0 atom stereocenters. The molecule has 4 rings (SSSR count). The molecule has 3 aromatic rings. The minimum Gasteiger partial charge on any atom is -0.496 e. The molecule has 2 amide bonds. The Morgan fingerprint density at radius 1 is 1.00 bits per heavy atom. The first-order chi connectivity index (χ1) is 17.2. The zero-order valence-electron chi connectivity index (χ0n) is 19.4. The third kappa shape index (κ3) is 6.13. The molecule has 1 aliphatic rings. The molecule has 0 heterocycles. The Morgan fingerprint density at radius 3 is 2.36 bits per heavy atom. The van der Waals surface area contributed by atoms with Crippen molar-refractivity contribution in [1.82, 2.24) is 5.32 Å². The van der Waals surface area contributed by atoms with E-state index in [1.165, 1.54) is 7.11 Å². The first kappa shape index (κ1) is 25.9. The highest BCUT2D eigenvalue weighted by molar-refractivity contribution is 9.10. The fourth-order valence-electron chi connectivity index (χ4n) is 3.63. The number of hydrogen-bond acceptors (Lipinski definition) is 5. The molecule has 0 aliphatic heterocycles. The number of ether oxygens (including phenoxy) is 1. The van der Waals surface area contributed by atoms with Crippen molar-refractivity contribution >= 4 is 50.8 Å². The van der Waals surface area contributed by atoms with Gasteiger partial charge in [0, 0.05) is 23.1 Å². The monoisotopic (exact) mass is 570 g/mol. The highest BCUT2D eigenvalue weighted by Gasteiger charge is 2.47. The maximum absolute atomic E-state index is 13.0. The zero-order valence-corrected chi connectivity index (χ0v) is 21.8. The van der Waals surface area contributed by atoms with Crippen LogP contribution in [0.3, 0.4) is 0 Å². The van der Waals surface area contributed by atoms with E-state index in [9.17, 15) is 19.5 Å². The number of amides is 2. The van der Waals surface area contributed by atoms with Gasteiger partial charge in [0.25, 0.3) is 11.8 Å². The van der Waals surface area contributed by atoms with E-state index < -0.39 is 17.4 Å². The lowest BCUT2D eigenvalue weighted by Crippen LogP contribution is -2.35. The molecule has 7 nitrogen and oxygen atoms in total. The number of carbonyl (C=O) groups excluding carboxylic acids is 3. The number of benzene rings is 3. The Hall–Kier alpha value is -3.20. The fraction of sp³-hybridized carbons (Fsp3) is 0.222. The third-order valence-corrected chi connectivity index (χ3v) is 6.77. The van der Waals surface area contributed by atoms with E-state index in [-0.39, 0.29) is 29.3 Å². The fourth-order valence-corrected chi connectivity index (χ4v) is 4.10. The van der Waals surface area contributed by atoms with Crippen LogP contribution in [0, 0.1) is 0 Å².